The highest BCUT2D eigenvalue weighted by atomic mass is 32.2. The molecule has 0 N–H and O–H groups in total. The van der Waals surface area contributed by atoms with Gasteiger partial charge in [-0.3, -0.25) is 0 Å². The molecule has 3 aromatic rings. The fraction of sp³-hybridized carbons (Fsp3) is 0.350. The van der Waals surface area contributed by atoms with Gasteiger partial charge in [0.2, 0.25) is 0 Å². The van der Waals surface area contributed by atoms with Crippen molar-refractivity contribution in [3.05, 3.63) is 66.0 Å². The maximum Gasteiger partial charge on any atom is 0.281 e. The summed E-state index contributed by atoms with van der Waals surface area (Å²) in [6, 6.07) is 18.3. The quantitative estimate of drug-likeness (QED) is 0.694. The molecule has 27 heavy (non-hydrogen) atoms. The van der Waals surface area contributed by atoms with Crippen LogP contribution in [0.5, 0.6) is 0 Å². The van der Waals surface area contributed by atoms with Crippen LogP contribution in [0.15, 0.2) is 54.6 Å². The van der Waals surface area contributed by atoms with Crippen LogP contribution in [0, 0.1) is 0 Å². The summed E-state index contributed by atoms with van der Waals surface area (Å²) in [7, 11) is -0.304. The first-order chi connectivity index (χ1) is 13.0. The number of benzene rings is 2. The maximum atomic E-state index is 12.8. The minimum atomic E-state index is -3.47. The fourth-order valence-electron chi connectivity index (χ4n) is 3.79. The normalized spacial score (nSPS) is 18.6. The summed E-state index contributed by atoms with van der Waals surface area (Å²) in [5.74, 6) is 0.952. The monoisotopic (exact) mass is 384 g/mol. The van der Waals surface area contributed by atoms with Gasteiger partial charge >= 0.3 is 0 Å². The van der Waals surface area contributed by atoms with Crippen molar-refractivity contribution < 1.29 is 8.42 Å². The van der Waals surface area contributed by atoms with Gasteiger partial charge in [-0.2, -0.15) is 17.0 Å². The van der Waals surface area contributed by atoms with Gasteiger partial charge in [0.15, 0.2) is 0 Å². The zero-order valence-corrected chi connectivity index (χ0v) is 16.4. The van der Waals surface area contributed by atoms with Crippen molar-refractivity contribution in [3.8, 4) is 0 Å². The van der Waals surface area contributed by atoms with E-state index in [9.17, 15) is 8.42 Å². The van der Waals surface area contributed by atoms with Crippen LogP contribution in [0.25, 0.3) is 11.0 Å². The average molecular weight is 385 g/mol. The van der Waals surface area contributed by atoms with Gasteiger partial charge in [-0.05, 0) is 24.1 Å². The molecule has 1 unspecified atom stereocenters. The number of nitrogens with zero attached hydrogens (tertiary/aromatic N) is 4. The number of aromatic nitrogens is 2. The van der Waals surface area contributed by atoms with Gasteiger partial charge in [0.1, 0.15) is 5.82 Å². The van der Waals surface area contributed by atoms with Gasteiger partial charge in [-0.1, -0.05) is 42.5 Å². The van der Waals surface area contributed by atoms with Crippen LogP contribution < -0.4 is 0 Å². The number of para-hydroxylation sites is 2. The molecule has 1 aliphatic rings. The lowest BCUT2D eigenvalue weighted by Crippen LogP contribution is -2.42. The van der Waals surface area contributed by atoms with Gasteiger partial charge in [0.25, 0.3) is 10.2 Å². The number of fused-ring (bicyclic) bond motifs is 3. The Labute approximate surface area is 160 Å². The molecule has 0 saturated heterocycles. The number of hydrogen-bond donors (Lipinski definition) is 0. The number of rotatable bonds is 4. The summed E-state index contributed by atoms with van der Waals surface area (Å²) in [6.07, 6.45) is 1.36. The van der Waals surface area contributed by atoms with E-state index in [4.69, 9.17) is 4.98 Å². The first kappa shape index (κ1) is 18.2. The molecule has 7 heteroatoms. The van der Waals surface area contributed by atoms with Crippen LogP contribution in [-0.2, 0) is 23.1 Å². The Morgan fingerprint density at radius 1 is 1.07 bits per heavy atom. The van der Waals surface area contributed by atoms with Crippen LogP contribution >= 0.6 is 0 Å². The summed E-state index contributed by atoms with van der Waals surface area (Å²) in [6.45, 7) is 0.873. The van der Waals surface area contributed by atoms with E-state index in [0.717, 1.165) is 23.3 Å². The molecule has 1 aliphatic heterocycles. The van der Waals surface area contributed by atoms with Crippen LogP contribution in [0.4, 0.5) is 0 Å². The zero-order chi connectivity index (χ0) is 19.0. The second kappa shape index (κ2) is 7.07. The minimum absolute atomic E-state index is 0.00738. The van der Waals surface area contributed by atoms with Crippen molar-refractivity contribution in [3.63, 3.8) is 0 Å². The molecule has 4 rings (SSSR count). The van der Waals surface area contributed by atoms with Gasteiger partial charge in [0.05, 0.1) is 17.1 Å². The SMILES string of the molecule is CN(C)S(=O)(=O)N1CCc2nc3ccccc3n2C(Cc2ccccc2)C1. The molecule has 0 saturated carbocycles. The van der Waals surface area contributed by atoms with E-state index < -0.39 is 10.2 Å². The topological polar surface area (TPSA) is 58.4 Å². The third-order valence-electron chi connectivity index (χ3n) is 5.14. The Bertz CT molecular complexity index is 1040. The molecular weight excluding hydrogens is 360 g/mol. The smallest absolute Gasteiger partial charge is 0.281 e. The summed E-state index contributed by atoms with van der Waals surface area (Å²) in [5.41, 5.74) is 3.22. The van der Waals surface area contributed by atoms with Crippen molar-refractivity contribution in [1.82, 2.24) is 18.2 Å². The first-order valence-corrected chi connectivity index (χ1v) is 10.5. The highest BCUT2D eigenvalue weighted by molar-refractivity contribution is 7.86. The van der Waals surface area contributed by atoms with Crippen molar-refractivity contribution in [2.45, 2.75) is 18.9 Å². The van der Waals surface area contributed by atoms with Gasteiger partial charge < -0.3 is 4.57 Å². The van der Waals surface area contributed by atoms with E-state index >= 15 is 0 Å². The van der Waals surface area contributed by atoms with Crippen molar-refractivity contribution in [2.24, 2.45) is 0 Å². The lowest BCUT2D eigenvalue weighted by molar-refractivity contribution is 0.342. The molecule has 142 valence electrons. The molecule has 2 heterocycles. The Balaban J connectivity index is 1.79. The molecule has 0 amide bonds. The van der Waals surface area contributed by atoms with E-state index in [1.54, 1.807) is 18.4 Å². The third kappa shape index (κ3) is 3.38. The van der Waals surface area contributed by atoms with E-state index in [-0.39, 0.29) is 6.04 Å². The second-order valence-electron chi connectivity index (χ2n) is 7.13. The summed E-state index contributed by atoms with van der Waals surface area (Å²) in [4.78, 5) is 4.79. The van der Waals surface area contributed by atoms with Crippen molar-refractivity contribution in [2.75, 3.05) is 27.2 Å². The summed E-state index contributed by atoms with van der Waals surface area (Å²) < 4.78 is 30.7. The fourth-order valence-corrected chi connectivity index (χ4v) is 4.94. The van der Waals surface area contributed by atoms with Crippen molar-refractivity contribution >= 4 is 21.2 Å². The Morgan fingerprint density at radius 3 is 2.52 bits per heavy atom. The predicted octanol–water partition coefficient (Wildman–Crippen LogP) is 2.48. The molecule has 0 aliphatic carbocycles. The van der Waals surface area contributed by atoms with Gasteiger partial charge in [-0.25, -0.2) is 4.98 Å². The Hall–Kier alpha value is -2.22. The average Bonchev–Trinajstić information content (AvgIpc) is 2.93. The van der Waals surface area contributed by atoms with Gasteiger partial charge in [0, 0.05) is 33.6 Å². The molecule has 0 spiro atoms. The Kier molecular flexibility index (Phi) is 4.75. The molecule has 0 bridgehead atoms. The molecule has 1 aromatic heterocycles. The van der Waals surface area contributed by atoms with Crippen LogP contribution in [0.2, 0.25) is 0 Å². The largest absolute Gasteiger partial charge is 0.323 e. The van der Waals surface area contributed by atoms with E-state index in [0.29, 0.717) is 19.5 Å². The molecule has 6 nitrogen and oxygen atoms in total. The Morgan fingerprint density at radius 2 is 1.78 bits per heavy atom. The number of imidazole rings is 1. The molecule has 2 aromatic carbocycles. The molecule has 1 atom stereocenters. The van der Waals surface area contributed by atoms with Crippen LogP contribution in [0.3, 0.4) is 0 Å². The lowest BCUT2D eigenvalue weighted by atomic mass is 10.1. The number of hydrogen-bond acceptors (Lipinski definition) is 3. The minimum Gasteiger partial charge on any atom is -0.323 e. The standard InChI is InChI=1S/C20H24N4O2S/c1-22(2)27(25,26)23-13-12-20-21-18-10-6-7-11-19(18)24(20)17(15-23)14-16-8-4-3-5-9-16/h3-11,17H,12-15H2,1-2H3. The van der Waals surface area contributed by atoms with E-state index in [2.05, 4.69) is 22.8 Å². The van der Waals surface area contributed by atoms with E-state index in [1.165, 1.54) is 9.87 Å². The zero-order valence-electron chi connectivity index (χ0n) is 15.6. The van der Waals surface area contributed by atoms with Crippen molar-refractivity contribution in [1.29, 1.82) is 0 Å². The maximum absolute atomic E-state index is 12.8. The van der Waals surface area contributed by atoms with Crippen LogP contribution in [-0.4, -0.2) is 53.8 Å². The molecular formula is C20H24N4O2S. The summed E-state index contributed by atoms with van der Waals surface area (Å²) >= 11 is 0. The van der Waals surface area contributed by atoms with Gasteiger partial charge in [-0.15, -0.1) is 0 Å². The highest BCUT2D eigenvalue weighted by Crippen LogP contribution is 2.29. The molecule has 0 fully saturated rings. The third-order valence-corrected chi connectivity index (χ3v) is 7.04. The summed E-state index contributed by atoms with van der Waals surface area (Å²) in [5, 5.41) is 0. The molecule has 0 radical (unpaired) electrons. The highest BCUT2D eigenvalue weighted by Gasteiger charge is 2.32. The second-order valence-corrected chi connectivity index (χ2v) is 9.27. The van der Waals surface area contributed by atoms with E-state index in [1.807, 2.05) is 36.4 Å². The lowest BCUT2D eigenvalue weighted by Gasteiger charge is -2.27. The first-order valence-electron chi connectivity index (χ1n) is 9.14. The van der Waals surface area contributed by atoms with Crippen LogP contribution in [0.1, 0.15) is 17.4 Å². The predicted molar refractivity (Wildman–Crippen MR) is 107 cm³/mol.